The average molecular weight is 501 g/mol. The largest absolute Gasteiger partial charge is 0.497 e. The van der Waals surface area contributed by atoms with Gasteiger partial charge < -0.3 is 19.7 Å². The molecule has 5 heteroatoms. The van der Waals surface area contributed by atoms with Crippen LogP contribution in [-0.4, -0.2) is 50.2 Å². The van der Waals surface area contributed by atoms with Gasteiger partial charge in [0.05, 0.1) is 14.2 Å². The maximum absolute atomic E-state index is 13.6. The number of nitrogens with one attached hydrogen (secondary N) is 1. The molecule has 1 aliphatic heterocycles. The summed E-state index contributed by atoms with van der Waals surface area (Å²) in [5.74, 6) is 1.91. The van der Waals surface area contributed by atoms with E-state index in [9.17, 15) is 4.79 Å². The number of aryl methyl sites for hydroxylation is 3. The van der Waals surface area contributed by atoms with Gasteiger partial charge in [0.15, 0.2) is 0 Å². The summed E-state index contributed by atoms with van der Waals surface area (Å²) in [6, 6.07) is 23.2. The Morgan fingerprint density at radius 2 is 1.73 bits per heavy atom. The van der Waals surface area contributed by atoms with Gasteiger partial charge in [0.25, 0.3) is 5.91 Å². The molecule has 0 spiro atoms. The van der Waals surface area contributed by atoms with Gasteiger partial charge in [-0.1, -0.05) is 47.5 Å². The van der Waals surface area contributed by atoms with Crippen molar-refractivity contribution in [3.05, 3.63) is 94.5 Å². The number of carbonyl (C=O) groups excluding carboxylic acids is 1. The Hall–Kier alpha value is -3.31. The fourth-order valence-corrected chi connectivity index (χ4v) is 5.51. The maximum atomic E-state index is 13.6. The van der Waals surface area contributed by atoms with Crippen molar-refractivity contribution in [3.63, 3.8) is 0 Å². The molecule has 0 aliphatic carbocycles. The molecule has 0 radical (unpaired) electrons. The van der Waals surface area contributed by atoms with E-state index in [1.807, 2.05) is 30.3 Å². The first-order valence-corrected chi connectivity index (χ1v) is 13.3. The second-order valence-corrected chi connectivity index (χ2v) is 10.2. The number of hydrogen-bond acceptors (Lipinski definition) is 4. The van der Waals surface area contributed by atoms with Gasteiger partial charge in [-0.3, -0.25) is 4.79 Å². The molecule has 0 saturated carbocycles. The standard InChI is InChI=1S/C32H40N2O3/c1-23-17-24(2)19-27(18-23)32(35)34-16-14-28(22-29(34)20-25-9-6-5-7-10-25)33-15-8-11-26-21-30(36-3)12-13-31(26)37-4/h5-7,9-10,12-13,17-19,21,28-29,33H,8,11,14-16,20,22H2,1-4H3/t28-,29-/m0/s1. The highest BCUT2D eigenvalue weighted by atomic mass is 16.5. The molecule has 2 atom stereocenters. The minimum atomic E-state index is 0.149. The number of hydrogen-bond donors (Lipinski definition) is 1. The molecule has 1 saturated heterocycles. The Kier molecular flexibility index (Phi) is 9.24. The van der Waals surface area contributed by atoms with E-state index in [1.54, 1.807) is 14.2 Å². The number of carbonyl (C=O) groups is 1. The molecule has 5 nitrogen and oxygen atoms in total. The molecule has 1 N–H and O–H groups in total. The van der Waals surface area contributed by atoms with Gasteiger partial charge in [-0.2, -0.15) is 0 Å². The molecule has 3 aromatic rings. The average Bonchev–Trinajstić information content (AvgIpc) is 2.91. The van der Waals surface area contributed by atoms with Crippen molar-refractivity contribution in [2.24, 2.45) is 0 Å². The predicted octanol–water partition coefficient (Wildman–Crippen LogP) is 5.76. The predicted molar refractivity (Wildman–Crippen MR) is 150 cm³/mol. The normalized spacial score (nSPS) is 17.5. The minimum Gasteiger partial charge on any atom is -0.497 e. The van der Waals surface area contributed by atoms with Crippen LogP contribution < -0.4 is 14.8 Å². The highest BCUT2D eigenvalue weighted by Gasteiger charge is 2.32. The quantitative estimate of drug-likeness (QED) is 0.360. The summed E-state index contributed by atoms with van der Waals surface area (Å²) >= 11 is 0. The van der Waals surface area contributed by atoms with E-state index >= 15 is 0 Å². The smallest absolute Gasteiger partial charge is 0.254 e. The van der Waals surface area contributed by atoms with Crippen molar-refractivity contribution in [3.8, 4) is 11.5 Å². The van der Waals surface area contributed by atoms with Crippen LogP contribution in [0.4, 0.5) is 0 Å². The van der Waals surface area contributed by atoms with E-state index in [0.717, 1.165) is 73.4 Å². The third kappa shape index (κ3) is 7.14. The second-order valence-electron chi connectivity index (χ2n) is 10.2. The summed E-state index contributed by atoms with van der Waals surface area (Å²) in [5, 5.41) is 3.78. The number of amides is 1. The molecule has 1 heterocycles. The summed E-state index contributed by atoms with van der Waals surface area (Å²) in [7, 11) is 3.40. The van der Waals surface area contributed by atoms with E-state index < -0.39 is 0 Å². The zero-order chi connectivity index (χ0) is 26.2. The van der Waals surface area contributed by atoms with Gasteiger partial charge in [-0.05, 0) is 94.0 Å². The zero-order valence-corrected chi connectivity index (χ0v) is 22.6. The first-order chi connectivity index (χ1) is 18.0. The fraction of sp³-hybridized carbons (Fsp3) is 0.406. The van der Waals surface area contributed by atoms with E-state index in [0.29, 0.717) is 6.04 Å². The third-order valence-electron chi connectivity index (χ3n) is 7.30. The van der Waals surface area contributed by atoms with Crippen LogP contribution in [0.3, 0.4) is 0 Å². The number of nitrogens with zero attached hydrogens (tertiary/aromatic N) is 1. The van der Waals surface area contributed by atoms with Crippen LogP contribution in [0.1, 0.15) is 51.9 Å². The Labute approximate surface area is 221 Å². The maximum Gasteiger partial charge on any atom is 0.254 e. The number of methoxy groups -OCH3 is 2. The third-order valence-corrected chi connectivity index (χ3v) is 7.30. The number of piperidine rings is 1. The Balaban J connectivity index is 1.40. The van der Waals surface area contributed by atoms with Crippen molar-refractivity contribution >= 4 is 5.91 Å². The fourth-order valence-electron chi connectivity index (χ4n) is 5.51. The molecule has 196 valence electrons. The molecule has 4 rings (SSSR count). The van der Waals surface area contributed by atoms with Crippen molar-refractivity contribution in [1.29, 1.82) is 0 Å². The van der Waals surface area contributed by atoms with Crippen LogP contribution in [0.15, 0.2) is 66.7 Å². The number of ether oxygens (including phenoxy) is 2. The van der Waals surface area contributed by atoms with Crippen LogP contribution in [0.25, 0.3) is 0 Å². The SMILES string of the molecule is COc1ccc(OC)c(CCCN[C@H]2CCN(C(=O)c3cc(C)cc(C)c3)[C@@H](Cc3ccccc3)C2)c1. The summed E-state index contributed by atoms with van der Waals surface area (Å²) in [6.07, 6.45) is 4.72. The summed E-state index contributed by atoms with van der Waals surface area (Å²) in [4.78, 5) is 15.7. The van der Waals surface area contributed by atoms with Gasteiger partial charge in [0.1, 0.15) is 11.5 Å². The summed E-state index contributed by atoms with van der Waals surface area (Å²) in [5.41, 5.74) is 5.50. The molecular formula is C32H40N2O3. The molecule has 3 aromatic carbocycles. The number of rotatable bonds is 10. The van der Waals surface area contributed by atoms with Gasteiger partial charge in [0, 0.05) is 24.2 Å². The van der Waals surface area contributed by atoms with E-state index in [-0.39, 0.29) is 11.9 Å². The Morgan fingerprint density at radius 3 is 2.43 bits per heavy atom. The van der Waals surface area contributed by atoms with E-state index in [4.69, 9.17) is 9.47 Å². The monoisotopic (exact) mass is 500 g/mol. The summed E-state index contributed by atoms with van der Waals surface area (Å²) < 4.78 is 10.9. The van der Waals surface area contributed by atoms with Gasteiger partial charge in [0.2, 0.25) is 0 Å². The first kappa shape index (κ1) is 26.7. The molecule has 1 aliphatic rings. The molecular weight excluding hydrogens is 460 g/mol. The lowest BCUT2D eigenvalue weighted by atomic mass is 9.91. The topological polar surface area (TPSA) is 50.8 Å². The van der Waals surface area contributed by atoms with E-state index in [1.165, 1.54) is 11.1 Å². The van der Waals surface area contributed by atoms with Crippen LogP contribution in [0, 0.1) is 13.8 Å². The minimum absolute atomic E-state index is 0.149. The molecule has 1 fully saturated rings. The van der Waals surface area contributed by atoms with Crippen molar-refractivity contribution in [1.82, 2.24) is 10.2 Å². The van der Waals surface area contributed by atoms with E-state index in [2.05, 4.69) is 60.5 Å². The summed E-state index contributed by atoms with van der Waals surface area (Å²) in [6.45, 7) is 5.81. The lowest BCUT2D eigenvalue weighted by Gasteiger charge is -2.40. The van der Waals surface area contributed by atoms with Crippen LogP contribution in [0.2, 0.25) is 0 Å². The molecule has 0 bridgehead atoms. The van der Waals surface area contributed by atoms with Crippen LogP contribution >= 0.6 is 0 Å². The van der Waals surface area contributed by atoms with Crippen LogP contribution in [-0.2, 0) is 12.8 Å². The molecule has 0 unspecified atom stereocenters. The molecule has 1 amide bonds. The lowest BCUT2D eigenvalue weighted by Crippen LogP contribution is -2.52. The highest BCUT2D eigenvalue weighted by molar-refractivity contribution is 5.95. The first-order valence-electron chi connectivity index (χ1n) is 13.3. The van der Waals surface area contributed by atoms with Gasteiger partial charge >= 0.3 is 0 Å². The molecule has 37 heavy (non-hydrogen) atoms. The lowest BCUT2D eigenvalue weighted by molar-refractivity contribution is 0.0577. The zero-order valence-electron chi connectivity index (χ0n) is 22.6. The molecule has 0 aromatic heterocycles. The van der Waals surface area contributed by atoms with Gasteiger partial charge in [-0.15, -0.1) is 0 Å². The van der Waals surface area contributed by atoms with Crippen molar-refractivity contribution in [2.45, 2.75) is 58.0 Å². The highest BCUT2D eigenvalue weighted by Crippen LogP contribution is 2.26. The number of likely N-dealkylation sites (tertiary alicyclic amines) is 1. The Bertz CT molecular complexity index is 1160. The van der Waals surface area contributed by atoms with Crippen LogP contribution in [0.5, 0.6) is 11.5 Å². The van der Waals surface area contributed by atoms with Crippen molar-refractivity contribution in [2.75, 3.05) is 27.3 Å². The Morgan fingerprint density at radius 1 is 0.973 bits per heavy atom. The van der Waals surface area contributed by atoms with Gasteiger partial charge in [-0.25, -0.2) is 0 Å². The number of benzene rings is 3. The second kappa shape index (κ2) is 12.8. The van der Waals surface area contributed by atoms with Crippen molar-refractivity contribution < 1.29 is 14.3 Å².